The molecule has 5 heteroatoms. The predicted octanol–water partition coefficient (Wildman–Crippen LogP) is 4.91. The molecule has 1 aliphatic carbocycles. The molecular weight excluding hydrogens is 334 g/mol. The molecule has 0 saturated heterocycles. The third-order valence-corrected chi connectivity index (χ3v) is 5.01. The Bertz CT molecular complexity index is 609. The van der Waals surface area contributed by atoms with Crippen LogP contribution in [0.2, 0.25) is 0 Å². The molecule has 0 bridgehead atoms. The Labute approximate surface area is 132 Å². The van der Waals surface area contributed by atoms with Crippen LogP contribution in [0.15, 0.2) is 22.1 Å². The van der Waals surface area contributed by atoms with Gasteiger partial charge >= 0.3 is 0 Å². The minimum Gasteiger partial charge on any atom is -0.363 e. The molecule has 2 heterocycles. The van der Waals surface area contributed by atoms with E-state index >= 15 is 0 Å². The highest BCUT2D eigenvalue weighted by atomic mass is 79.9. The summed E-state index contributed by atoms with van der Waals surface area (Å²) in [5.74, 6) is 2.12. The third kappa shape index (κ3) is 2.88. The average molecular weight is 352 g/mol. The number of nitrogens with zero attached hydrogens (tertiary/aromatic N) is 2. The predicted molar refractivity (Wildman–Crippen MR) is 87.4 cm³/mol. The van der Waals surface area contributed by atoms with Crippen LogP contribution < -0.4 is 5.32 Å². The Hall–Kier alpha value is -0.940. The number of fused-ring (bicyclic) bond motifs is 1. The van der Waals surface area contributed by atoms with Gasteiger partial charge in [-0.25, -0.2) is 9.97 Å². The van der Waals surface area contributed by atoms with Gasteiger partial charge in [0.2, 0.25) is 0 Å². The van der Waals surface area contributed by atoms with E-state index in [1.165, 1.54) is 29.7 Å². The molecule has 2 aromatic heterocycles. The van der Waals surface area contributed by atoms with Gasteiger partial charge in [0.25, 0.3) is 0 Å². The lowest BCUT2D eigenvalue weighted by Gasteiger charge is -2.24. The van der Waals surface area contributed by atoms with Crippen molar-refractivity contribution in [2.75, 3.05) is 5.32 Å². The van der Waals surface area contributed by atoms with Gasteiger partial charge in [-0.15, -0.1) is 11.3 Å². The molecule has 0 aromatic carbocycles. The topological polar surface area (TPSA) is 37.8 Å². The highest BCUT2D eigenvalue weighted by Crippen LogP contribution is 2.35. The number of hydrogen-bond acceptors (Lipinski definition) is 4. The molecule has 3 rings (SSSR count). The van der Waals surface area contributed by atoms with Gasteiger partial charge < -0.3 is 5.32 Å². The van der Waals surface area contributed by atoms with Crippen LogP contribution in [0.25, 0.3) is 0 Å². The lowest BCUT2D eigenvalue weighted by Crippen LogP contribution is -2.17. The fourth-order valence-corrected chi connectivity index (χ4v) is 3.97. The SMILES string of the molecule is CC(C)c1nc(Br)cc(NC2CCCc3sccc32)n1. The summed E-state index contributed by atoms with van der Waals surface area (Å²) in [5, 5.41) is 5.78. The van der Waals surface area contributed by atoms with Crippen molar-refractivity contribution in [1.29, 1.82) is 0 Å². The zero-order valence-corrected chi connectivity index (χ0v) is 14.1. The molecule has 106 valence electrons. The number of nitrogens with one attached hydrogen (secondary N) is 1. The van der Waals surface area contributed by atoms with Crippen LogP contribution in [-0.4, -0.2) is 9.97 Å². The summed E-state index contributed by atoms with van der Waals surface area (Å²) in [6.07, 6.45) is 3.63. The van der Waals surface area contributed by atoms with Gasteiger partial charge in [-0.05, 0) is 52.2 Å². The molecule has 2 aromatic rings. The summed E-state index contributed by atoms with van der Waals surface area (Å²) in [6, 6.07) is 4.59. The largest absolute Gasteiger partial charge is 0.363 e. The Morgan fingerprint density at radius 1 is 1.40 bits per heavy atom. The van der Waals surface area contributed by atoms with Crippen molar-refractivity contribution in [3.63, 3.8) is 0 Å². The first-order chi connectivity index (χ1) is 9.63. The van der Waals surface area contributed by atoms with Crippen LogP contribution in [0, 0.1) is 0 Å². The average Bonchev–Trinajstić information content (AvgIpc) is 2.87. The van der Waals surface area contributed by atoms with Crippen molar-refractivity contribution in [3.8, 4) is 0 Å². The molecule has 1 N–H and O–H groups in total. The van der Waals surface area contributed by atoms with Crippen molar-refractivity contribution >= 4 is 33.1 Å². The van der Waals surface area contributed by atoms with E-state index in [4.69, 9.17) is 0 Å². The molecule has 0 fully saturated rings. The summed E-state index contributed by atoms with van der Waals surface area (Å²) in [5.41, 5.74) is 1.45. The summed E-state index contributed by atoms with van der Waals surface area (Å²) >= 11 is 5.35. The molecule has 1 atom stereocenters. The monoisotopic (exact) mass is 351 g/mol. The summed E-state index contributed by atoms with van der Waals surface area (Å²) in [6.45, 7) is 4.23. The van der Waals surface area contributed by atoms with Crippen LogP contribution in [0.4, 0.5) is 5.82 Å². The Morgan fingerprint density at radius 2 is 2.25 bits per heavy atom. The fourth-order valence-electron chi connectivity index (χ4n) is 2.58. The van der Waals surface area contributed by atoms with E-state index < -0.39 is 0 Å². The van der Waals surface area contributed by atoms with E-state index in [2.05, 4.69) is 56.5 Å². The molecule has 1 aliphatic rings. The number of thiophene rings is 1. The van der Waals surface area contributed by atoms with Crippen molar-refractivity contribution in [3.05, 3.63) is 38.4 Å². The number of halogens is 1. The quantitative estimate of drug-likeness (QED) is 0.798. The second-order valence-electron chi connectivity index (χ2n) is 5.48. The van der Waals surface area contributed by atoms with E-state index in [0.717, 1.165) is 16.2 Å². The molecule has 0 aliphatic heterocycles. The van der Waals surface area contributed by atoms with Gasteiger partial charge in [0, 0.05) is 16.9 Å². The van der Waals surface area contributed by atoms with Crippen LogP contribution in [-0.2, 0) is 6.42 Å². The molecule has 0 amide bonds. The Kier molecular flexibility index (Phi) is 4.08. The number of aromatic nitrogens is 2. The van der Waals surface area contributed by atoms with E-state index in [1.54, 1.807) is 0 Å². The third-order valence-electron chi connectivity index (χ3n) is 3.60. The Morgan fingerprint density at radius 3 is 3.05 bits per heavy atom. The molecule has 0 saturated carbocycles. The highest BCUT2D eigenvalue weighted by Gasteiger charge is 2.21. The van der Waals surface area contributed by atoms with Crippen molar-refractivity contribution in [1.82, 2.24) is 9.97 Å². The maximum atomic E-state index is 4.64. The van der Waals surface area contributed by atoms with Gasteiger partial charge in [0.15, 0.2) is 0 Å². The Balaban J connectivity index is 1.86. The molecule has 0 spiro atoms. The van der Waals surface area contributed by atoms with E-state index in [9.17, 15) is 0 Å². The first kappa shape index (κ1) is 14.0. The van der Waals surface area contributed by atoms with Gasteiger partial charge in [-0.1, -0.05) is 13.8 Å². The van der Waals surface area contributed by atoms with Crippen molar-refractivity contribution in [2.24, 2.45) is 0 Å². The maximum Gasteiger partial charge on any atom is 0.134 e. The number of aryl methyl sites for hydroxylation is 1. The van der Waals surface area contributed by atoms with Gasteiger partial charge in [0.1, 0.15) is 16.2 Å². The first-order valence-corrected chi connectivity index (χ1v) is 8.68. The van der Waals surface area contributed by atoms with Gasteiger partial charge in [-0.2, -0.15) is 0 Å². The van der Waals surface area contributed by atoms with Crippen molar-refractivity contribution < 1.29 is 0 Å². The molecule has 0 radical (unpaired) electrons. The van der Waals surface area contributed by atoms with Crippen LogP contribution in [0.3, 0.4) is 0 Å². The van der Waals surface area contributed by atoms with E-state index in [1.807, 2.05) is 17.4 Å². The second kappa shape index (κ2) is 5.82. The maximum absolute atomic E-state index is 4.64. The van der Waals surface area contributed by atoms with Gasteiger partial charge in [0.05, 0.1) is 6.04 Å². The fraction of sp³-hybridized carbons (Fsp3) is 0.467. The lowest BCUT2D eigenvalue weighted by molar-refractivity contribution is 0.605. The van der Waals surface area contributed by atoms with Gasteiger partial charge in [-0.3, -0.25) is 0 Å². The summed E-state index contributed by atoms with van der Waals surface area (Å²) < 4.78 is 0.847. The normalized spacial score (nSPS) is 18.1. The van der Waals surface area contributed by atoms with Crippen LogP contribution in [0.5, 0.6) is 0 Å². The lowest BCUT2D eigenvalue weighted by atomic mass is 9.94. The minimum atomic E-state index is 0.330. The standard InChI is InChI=1S/C15H18BrN3S/c1-9(2)15-18-13(16)8-14(19-15)17-11-4-3-5-12-10(11)6-7-20-12/h6-9,11H,3-5H2,1-2H3,(H,17,18,19). The van der Waals surface area contributed by atoms with Crippen LogP contribution in [0.1, 0.15) is 54.9 Å². The number of rotatable bonds is 3. The molecule has 1 unspecified atom stereocenters. The number of hydrogen-bond donors (Lipinski definition) is 1. The van der Waals surface area contributed by atoms with E-state index in [0.29, 0.717) is 12.0 Å². The smallest absolute Gasteiger partial charge is 0.134 e. The molecule has 20 heavy (non-hydrogen) atoms. The van der Waals surface area contributed by atoms with Crippen molar-refractivity contribution in [2.45, 2.75) is 45.1 Å². The summed E-state index contributed by atoms with van der Waals surface area (Å²) in [7, 11) is 0. The zero-order valence-electron chi connectivity index (χ0n) is 11.7. The van der Waals surface area contributed by atoms with E-state index in [-0.39, 0.29) is 0 Å². The minimum absolute atomic E-state index is 0.330. The highest BCUT2D eigenvalue weighted by molar-refractivity contribution is 9.10. The molecule has 3 nitrogen and oxygen atoms in total. The molecular formula is C15H18BrN3S. The second-order valence-corrected chi connectivity index (χ2v) is 7.29. The summed E-state index contributed by atoms with van der Waals surface area (Å²) in [4.78, 5) is 10.6. The van der Waals surface area contributed by atoms with Crippen LogP contribution >= 0.6 is 27.3 Å². The number of anilines is 1. The zero-order chi connectivity index (χ0) is 14.1. The first-order valence-electron chi connectivity index (χ1n) is 7.01.